The number of Topliss-reactive ketones (excluding diaryl/α,β-unsaturated/α-hetero) is 1. The first-order valence-corrected chi connectivity index (χ1v) is 12.7. The summed E-state index contributed by atoms with van der Waals surface area (Å²) >= 11 is 0. The summed E-state index contributed by atoms with van der Waals surface area (Å²) in [5.74, 6) is -2.50. The number of carbonyl (C=O) groups is 3. The molecule has 214 valence electrons. The van der Waals surface area contributed by atoms with Gasteiger partial charge in [0.05, 0.1) is 29.6 Å². The number of hydrogen-bond acceptors (Lipinski definition) is 9. The van der Waals surface area contributed by atoms with Crippen molar-refractivity contribution in [3.8, 4) is 0 Å². The zero-order valence-electron chi connectivity index (χ0n) is 23.1. The highest BCUT2D eigenvalue weighted by atomic mass is 19.1. The zero-order chi connectivity index (χ0) is 29.9. The molecule has 0 unspecified atom stereocenters. The predicted molar refractivity (Wildman–Crippen MR) is 146 cm³/mol. The SMILES string of the molecule is COC(=O)Nc1nc2ccccc2n(CC(=O)N[C@H](C(=O)c2nnc(C(C)(C)c3ccc(F)cc3)o2)C(C)C)c1=O. The van der Waals surface area contributed by atoms with E-state index in [1.807, 2.05) is 0 Å². The largest absolute Gasteiger partial charge is 0.453 e. The van der Waals surface area contributed by atoms with Crippen LogP contribution in [0, 0.1) is 11.7 Å². The van der Waals surface area contributed by atoms with E-state index in [2.05, 4.69) is 30.6 Å². The van der Waals surface area contributed by atoms with Gasteiger partial charge >= 0.3 is 6.09 Å². The second-order valence-electron chi connectivity index (χ2n) is 10.2. The first-order chi connectivity index (χ1) is 19.4. The maximum Gasteiger partial charge on any atom is 0.412 e. The van der Waals surface area contributed by atoms with Gasteiger partial charge in [-0.3, -0.25) is 24.3 Å². The number of benzene rings is 2. The van der Waals surface area contributed by atoms with Gasteiger partial charge in [0, 0.05) is 0 Å². The van der Waals surface area contributed by atoms with Crippen LogP contribution in [0.5, 0.6) is 0 Å². The van der Waals surface area contributed by atoms with Gasteiger partial charge in [-0.2, -0.15) is 0 Å². The number of para-hydroxylation sites is 2. The van der Waals surface area contributed by atoms with Gasteiger partial charge in [-0.1, -0.05) is 38.1 Å². The highest BCUT2D eigenvalue weighted by Gasteiger charge is 2.34. The minimum atomic E-state index is -1.05. The molecule has 2 aromatic carbocycles. The lowest BCUT2D eigenvalue weighted by Crippen LogP contribution is -2.46. The Morgan fingerprint density at radius 2 is 1.76 bits per heavy atom. The standard InChI is InChI=1S/C28H29FN6O6/c1-15(2)21(22(37)24-33-34-26(41-24)28(3,4)16-10-12-17(29)13-11-16)31-20(36)14-35-19-9-7-6-8-18(19)30-23(25(35)38)32-27(39)40-5/h6-13,15,21H,14H2,1-5H3,(H,31,36)(H,30,32,39)/t21-/m0/s1. The normalized spacial score (nSPS) is 12.3. The Kier molecular flexibility index (Phi) is 8.26. The number of amides is 2. The summed E-state index contributed by atoms with van der Waals surface area (Å²) in [5.41, 5.74) is -0.160. The molecule has 0 saturated heterocycles. The molecule has 13 heteroatoms. The van der Waals surface area contributed by atoms with Crippen LogP contribution in [0.2, 0.25) is 0 Å². The fourth-order valence-electron chi connectivity index (χ4n) is 4.17. The van der Waals surface area contributed by atoms with E-state index in [0.29, 0.717) is 16.6 Å². The summed E-state index contributed by atoms with van der Waals surface area (Å²) < 4.78 is 24.8. The number of nitrogens with zero attached hydrogens (tertiary/aromatic N) is 4. The van der Waals surface area contributed by atoms with E-state index in [-0.39, 0.29) is 29.3 Å². The number of hydrogen-bond donors (Lipinski definition) is 2. The minimum Gasteiger partial charge on any atom is -0.453 e. The fraction of sp³-hybridized carbons (Fsp3) is 0.321. The Morgan fingerprint density at radius 3 is 2.41 bits per heavy atom. The molecule has 0 aliphatic rings. The smallest absolute Gasteiger partial charge is 0.412 e. The summed E-state index contributed by atoms with van der Waals surface area (Å²) in [6.45, 7) is 6.58. The molecule has 12 nitrogen and oxygen atoms in total. The molecule has 2 aromatic heterocycles. The first-order valence-electron chi connectivity index (χ1n) is 12.7. The fourth-order valence-corrected chi connectivity index (χ4v) is 4.17. The van der Waals surface area contributed by atoms with Crippen LogP contribution < -0.4 is 16.2 Å². The number of halogens is 1. The van der Waals surface area contributed by atoms with E-state index >= 15 is 0 Å². The molecule has 0 spiro atoms. The van der Waals surface area contributed by atoms with E-state index in [4.69, 9.17) is 4.42 Å². The number of carbonyl (C=O) groups excluding carboxylic acids is 3. The summed E-state index contributed by atoms with van der Waals surface area (Å²) in [4.78, 5) is 55.5. The molecule has 2 N–H and O–H groups in total. The molecular formula is C28H29FN6O6. The Balaban J connectivity index is 1.58. The molecule has 0 aliphatic heterocycles. The van der Waals surface area contributed by atoms with Crippen LogP contribution in [0.25, 0.3) is 11.0 Å². The number of ether oxygens (including phenoxy) is 1. The lowest BCUT2D eigenvalue weighted by Gasteiger charge is -2.21. The van der Waals surface area contributed by atoms with E-state index in [1.165, 1.54) is 12.1 Å². The summed E-state index contributed by atoms with van der Waals surface area (Å²) in [7, 11) is 1.14. The molecule has 0 radical (unpaired) electrons. The third-order valence-corrected chi connectivity index (χ3v) is 6.56. The van der Waals surface area contributed by atoms with Gasteiger partial charge in [0.25, 0.3) is 11.4 Å². The lowest BCUT2D eigenvalue weighted by molar-refractivity contribution is -0.122. The van der Waals surface area contributed by atoms with Gasteiger partial charge in [-0.05, 0) is 49.6 Å². The van der Waals surface area contributed by atoms with Crippen molar-refractivity contribution in [1.82, 2.24) is 25.1 Å². The zero-order valence-corrected chi connectivity index (χ0v) is 23.1. The van der Waals surface area contributed by atoms with Crippen LogP contribution in [0.15, 0.2) is 57.7 Å². The average Bonchev–Trinajstić information content (AvgIpc) is 3.45. The number of ketones is 1. The third-order valence-electron chi connectivity index (χ3n) is 6.56. The van der Waals surface area contributed by atoms with Crippen LogP contribution in [0.4, 0.5) is 15.0 Å². The van der Waals surface area contributed by atoms with E-state index in [0.717, 1.165) is 11.7 Å². The van der Waals surface area contributed by atoms with Crippen LogP contribution in [0.3, 0.4) is 0 Å². The highest BCUT2D eigenvalue weighted by Crippen LogP contribution is 2.30. The first kappa shape index (κ1) is 29.1. The average molecular weight is 565 g/mol. The van der Waals surface area contributed by atoms with Gasteiger partial charge < -0.3 is 14.5 Å². The molecule has 0 saturated carbocycles. The Hall–Kier alpha value is -4.94. The molecule has 0 bridgehead atoms. The molecule has 1 atom stereocenters. The quantitative estimate of drug-likeness (QED) is 0.290. The van der Waals surface area contributed by atoms with Crippen LogP contribution in [-0.2, 0) is 21.5 Å². The molecule has 2 heterocycles. The number of anilines is 1. The van der Waals surface area contributed by atoms with Gasteiger partial charge in [-0.15, -0.1) is 10.2 Å². The van der Waals surface area contributed by atoms with Crippen molar-refractivity contribution in [3.63, 3.8) is 0 Å². The van der Waals surface area contributed by atoms with E-state index in [1.54, 1.807) is 64.1 Å². The van der Waals surface area contributed by atoms with E-state index < -0.39 is 41.3 Å². The van der Waals surface area contributed by atoms with Gasteiger partial charge in [0.1, 0.15) is 12.4 Å². The number of rotatable bonds is 9. The van der Waals surface area contributed by atoms with E-state index in [9.17, 15) is 23.6 Å². The number of aromatic nitrogens is 4. The Labute approximate surface area is 233 Å². The third kappa shape index (κ3) is 6.13. The molecule has 4 aromatic rings. The maximum atomic E-state index is 13.4. The molecule has 0 aliphatic carbocycles. The van der Waals surface area contributed by atoms with Gasteiger partial charge in [0.15, 0.2) is 0 Å². The number of fused-ring (bicyclic) bond motifs is 1. The Morgan fingerprint density at radius 1 is 1.07 bits per heavy atom. The van der Waals surface area contributed by atoms with Gasteiger partial charge in [0.2, 0.25) is 23.4 Å². The topological polar surface area (TPSA) is 158 Å². The van der Waals surface area contributed by atoms with Crippen molar-refractivity contribution < 1.29 is 27.9 Å². The second-order valence-corrected chi connectivity index (χ2v) is 10.2. The Bertz CT molecular complexity index is 1660. The molecule has 2 amide bonds. The van der Waals surface area contributed by atoms with Crippen molar-refractivity contribution in [3.05, 3.63) is 82.0 Å². The monoisotopic (exact) mass is 564 g/mol. The van der Waals surface area contributed by atoms with Crippen molar-refractivity contribution in [2.45, 2.75) is 45.7 Å². The second kappa shape index (κ2) is 11.7. The van der Waals surface area contributed by atoms with Crippen LogP contribution >= 0.6 is 0 Å². The number of methoxy groups -OCH3 is 1. The molecular weight excluding hydrogens is 535 g/mol. The predicted octanol–water partition coefficient (Wildman–Crippen LogP) is 3.45. The summed E-state index contributed by atoms with van der Waals surface area (Å²) in [6, 6.07) is 11.3. The van der Waals surface area contributed by atoms with Crippen LogP contribution in [-0.4, -0.2) is 50.7 Å². The minimum absolute atomic E-state index is 0.140. The van der Waals surface area contributed by atoms with Crippen molar-refractivity contribution in [2.75, 3.05) is 12.4 Å². The molecule has 0 fully saturated rings. The summed E-state index contributed by atoms with van der Waals surface area (Å²) in [6.07, 6.45) is -0.895. The van der Waals surface area contributed by atoms with Gasteiger partial charge in [-0.25, -0.2) is 14.2 Å². The van der Waals surface area contributed by atoms with Crippen molar-refractivity contribution in [2.24, 2.45) is 5.92 Å². The van der Waals surface area contributed by atoms with Crippen molar-refractivity contribution >= 4 is 34.6 Å². The lowest BCUT2D eigenvalue weighted by atomic mass is 9.84. The van der Waals surface area contributed by atoms with Crippen molar-refractivity contribution in [1.29, 1.82) is 0 Å². The number of nitrogens with one attached hydrogen (secondary N) is 2. The summed E-state index contributed by atoms with van der Waals surface area (Å²) in [5, 5.41) is 12.9. The maximum absolute atomic E-state index is 13.4. The molecule has 4 rings (SSSR count). The molecule has 41 heavy (non-hydrogen) atoms. The van der Waals surface area contributed by atoms with Crippen LogP contribution in [0.1, 0.15) is 49.8 Å². The highest BCUT2D eigenvalue weighted by molar-refractivity contribution is 5.98.